The zero-order chi connectivity index (χ0) is 15.2. The molecule has 1 fully saturated rings. The third-order valence-electron chi connectivity index (χ3n) is 4.02. The van der Waals surface area contributed by atoms with E-state index < -0.39 is 5.97 Å². The van der Waals surface area contributed by atoms with Gasteiger partial charge in [0.15, 0.2) is 5.69 Å². The molecule has 0 bridgehead atoms. The van der Waals surface area contributed by atoms with Gasteiger partial charge in [-0.05, 0) is 12.3 Å². The Kier molecular flexibility index (Phi) is 5.73. The number of aromatic carboxylic acids is 1. The molecule has 21 heavy (non-hydrogen) atoms. The molecule has 0 saturated heterocycles. The summed E-state index contributed by atoms with van der Waals surface area (Å²) in [7, 11) is 0. The van der Waals surface area contributed by atoms with Gasteiger partial charge in [0.05, 0.1) is 5.01 Å². The van der Waals surface area contributed by atoms with E-state index >= 15 is 0 Å². The number of aromatic nitrogens is 1. The molecule has 1 aliphatic carbocycles. The molecule has 1 heterocycles. The van der Waals surface area contributed by atoms with Gasteiger partial charge in [0.1, 0.15) is 0 Å². The van der Waals surface area contributed by atoms with Crippen LogP contribution in [0.15, 0.2) is 5.38 Å². The lowest BCUT2D eigenvalue weighted by Crippen LogP contribution is -2.31. The molecule has 0 spiro atoms. The number of rotatable bonds is 7. The minimum absolute atomic E-state index is 0.0546. The molecular weight excluding hydrogens is 288 g/mol. The van der Waals surface area contributed by atoms with E-state index in [4.69, 9.17) is 5.11 Å². The number of thiazole rings is 1. The fraction of sp³-hybridized carbons (Fsp3) is 0.667. The smallest absolute Gasteiger partial charge is 0.355 e. The molecule has 2 N–H and O–H groups in total. The summed E-state index contributed by atoms with van der Waals surface area (Å²) in [6.45, 7) is 2.50. The number of nitrogens with one attached hydrogen (secondary N) is 1. The first-order valence-electron chi connectivity index (χ1n) is 7.51. The molecule has 0 aromatic carbocycles. The van der Waals surface area contributed by atoms with Crippen LogP contribution in [0, 0.1) is 11.8 Å². The summed E-state index contributed by atoms with van der Waals surface area (Å²) in [5.41, 5.74) is 0.0796. The number of carboxylic acid groups (broad SMARTS) is 1. The first-order valence-corrected chi connectivity index (χ1v) is 8.39. The van der Waals surface area contributed by atoms with Crippen LogP contribution >= 0.6 is 11.3 Å². The molecule has 2 rings (SSSR count). The number of hydrogen-bond donors (Lipinski definition) is 2. The summed E-state index contributed by atoms with van der Waals surface area (Å²) in [5.74, 6) is -0.148. The van der Waals surface area contributed by atoms with E-state index in [0.29, 0.717) is 18.9 Å². The fourth-order valence-electron chi connectivity index (χ4n) is 2.84. The summed E-state index contributed by atoms with van der Waals surface area (Å²) >= 11 is 1.32. The standard InChI is InChI=1S/C15H22N2O3S/c1-10(8-11-4-2-3-5-11)14(18)16-7-6-13-17-12(9-21-13)15(19)20/h9-11H,2-8H2,1H3,(H,16,18)(H,19,20). The average Bonchev–Trinajstić information content (AvgIpc) is 3.09. The van der Waals surface area contributed by atoms with Crippen LogP contribution in [0.3, 0.4) is 0 Å². The maximum atomic E-state index is 12.0. The first kappa shape index (κ1) is 15.9. The van der Waals surface area contributed by atoms with Crippen molar-refractivity contribution in [3.8, 4) is 0 Å². The SMILES string of the molecule is CC(CC1CCCC1)C(=O)NCCc1nc(C(=O)O)cs1. The van der Waals surface area contributed by atoms with E-state index in [1.54, 1.807) is 0 Å². The number of amides is 1. The van der Waals surface area contributed by atoms with Crippen molar-refractivity contribution in [1.82, 2.24) is 10.3 Å². The molecule has 1 aromatic rings. The van der Waals surface area contributed by atoms with Crippen molar-refractivity contribution in [2.45, 2.75) is 45.4 Å². The summed E-state index contributed by atoms with van der Waals surface area (Å²) in [4.78, 5) is 26.7. The van der Waals surface area contributed by atoms with Gasteiger partial charge >= 0.3 is 5.97 Å². The monoisotopic (exact) mass is 310 g/mol. The van der Waals surface area contributed by atoms with E-state index in [-0.39, 0.29) is 17.5 Å². The van der Waals surface area contributed by atoms with Crippen LogP contribution in [0.4, 0.5) is 0 Å². The third kappa shape index (κ3) is 4.81. The zero-order valence-corrected chi connectivity index (χ0v) is 13.1. The molecule has 1 saturated carbocycles. The van der Waals surface area contributed by atoms with Crippen molar-refractivity contribution < 1.29 is 14.7 Å². The number of carboxylic acids is 1. The van der Waals surface area contributed by atoms with Crippen LogP contribution in [0.2, 0.25) is 0 Å². The molecule has 5 nitrogen and oxygen atoms in total. The maximum absolute atomic E-state index is 12.0. The Bertz CT molecular complexity index is 495. The van der Waals surface area contributed by atoms with Crippen LogP contribution in [-0.4, -0.2) is 28.5 Å². The van der Waals surface area contributed by atoms with Gasteiger partial charge in [-0.1, -0.05) is 32.6 Å². The molecule has 1 aliphatic rings. The predicted octanol–water partition coefficient (Wildman–Crippen LogP) is 2.72. The second-order valence-corrected chi connectivity index (χ2v) is 6.70. The average molecular weight is 310 g/mol. The van der Waals surface area contributed by atoms with Gasteiger partial charge in [0.2, 0.25) is 5.91 Å². The molecule has 1 amide bonds. The van der Waals surface area contributed by atoms with Crippen LogP contribution in [-0.2, 0) is 11.2 Å². The highest BCUT2D eigenvalue weighted by atomic mass is 32.1. The van der Waals surface area contributed by atoms with E-state index in [2.05, 4.69) is 10.3 Å². The summed E-state index contributed by atoms with van der Waals surface area (Å²) in [5, 5.41) is 14.0. The Balaban J connectivity index is 1.69. The minimum Gasteiger partial charge on any atom is -0.476 e. The lowest BCUT2D eigenvalue weighted by atomic mass is 9.94. The maximum Gasteiger partial charge on any atom is 0.355 e. The van der Waals surface area contributed by atoms with Gasteiger partial charge < -0.3 is 10.4 Å². The van der Waals surface area contributed by atoms with Gasteiger partial charge in [-0.2, -0.15) is 0 Å². The van der Waals surface area contributed by atoms with Crippen molar-refractivity contribution in [3.63, 3.8) is 0 Å². The summed E-state index contributed by atoms with van der Waals surface area (Å²) in [6.07, 6.45) is 6.68. The first-order chi connectivity index (χ1) is 10.1. The van der Waals surface area contributed by atoms with Crippen LogP contribution < -0.4 is 5.32 Å². The second kappa shape index (κ2) is 7.54. The summed E-state index contributed by atoms with van der Waals surface area (Å²) < 4.78 is 0. The zero-order valence-electron chi connectivity index (χ0n) is 12.3. The molecular formula is C15H22N2O3S. The van der Waals surface area contributed by atoms with Crippen molar-refractivity contribution in [1.29, 1.82) is 0 Å². The molecule has 6 heteroatoms. The van der Waals surface area contributed by atoms with Crippen molar-refractivity contribution in [2.75, 3.05) is 6.54 Å². The van der Waals surface area contributed by atoms with Crippen LogP contribution in [0.25, 0.3) is 0 Å². The third-order valence-corrected chi connectivity index (χ3v) is 4.93. The van der Waals surface area contributed by atoms with E-state index in [1.807, 2.05) is 6.92 Å². The Morgan fingerprint density at radius 2 is 2.19 bits per heavy atom. The van der Waals surface area contributed by atoms with Crippen molar-refractivity contribution in [2.24, 2.45) is 11.8 Å². The lowest BCUT2D eigenvalue weighted by Gasteiger charge is -2.15. The Morgan fingerprint density at radius 1 is 1.48 bits per heavy atom. The summed E-state index contributed by atoms with van der Waals surface area (Å²) in [6, 6.07) is 0. The van der Waals surface area contributed by atoms with Gasteiger partial charge in [0, 0.05) is 24.3 Å². The number of hydrogen-bond acceptors (Lipinski definition) is 4. The van der Waals surface area contributed by atoms with E-state index in [9.17, 15) is 9.59 Å². The van der Waals surface area contributed by atoms with E-state index in [1.165, 1.54) is 42.4 Å². The molecule has 116 valence electrons. The minimum atomic E-state index is -1.01. The Hall–Kier alpha value is -1.43. The quantitative estimate of drug-likeness (QED) is 0.811. The van der Waals surface area contributed by atoms with Gasteiger partial charge in [-0.25, -0.2) is 9.78 Å². The number of nitrogens with zero attached hydrogens (tertiary/aromatic N) is 1. The second-order valence-electron chi connectivity index (χ2n) is 5.76. The highest BCUT2D eigenvalue weighted by Gasteiger charge is 2.21. The normalized spacial score (nSPS) is 16.8. The molecule has 1 atom stereocenters. The topological polar surface area (TPSA) is 79.3 Å². The van der Waals surface area contributed by atoms with Crippen LogP contribution in [0.1, 0.15) is 54.5 Å². The predicted molar refractivity (Wildman–Crippen MR) is 81.5 cm³/mol. The van der Waals surface area contributed by atoms with E-state index in [0.717, 1.165) is 11.4 Å². The molecule has 1 aromatic heterocycles. The highest BCUT2D eigenvalue weighted by Crippen LogP contribution is 2.30. The van der Waals surface area contributed by atoms with Gasteiger partial charge in [-0.3, -0.25) is 4.79 Å². The Morgan fingerprint density at radius 3 is 2.81 bits per heavy atom. The van der Waals surface area contributed by atoms with Crippen LogP contribution in [0.5, 0.6) is 0 Å². The van der Waals surface area contributed by atoms with Gasteiger partial charge in [-0.15, -0.1) is 11.3 Å². The lowest BCUT2D eigenvalue weighted by molar-refractivity contribution is -0.124. The van der Waals surface area contributed by atoms with Crippen molar-refractivity contribution in [3.05, 3.63) is 16.1 Å². The molecule has 0 radical (unpaired) electrons. The molecule has 0 aliphatic heterocycles. The highest BCUT2D eigenvalue weighted by molar-refractivity contribution is 7.09. The Labute approximate surface area is 128 Å². The number of carbonyl (C=O) groups excluding carboxylic acids is 1. The largest absolute Gasteiger partial charge is 0.476 e. The number of carbonyl (C=O) groups is 2. The van der Waals surface area contributed by atoms with Gasteiger partial charge in [0.25, 0.3) is 0 Å². The fourth-order valence-corrected chi connectivity index (χ4v) is 3.62. The van der Waals surface area contributed by atoms with Crippen molar-refractivity contribution >= 4 is 23.2 Å². The molecule has 1 unspecified atom stereocenters.